The van der Waals surface area contributed by atoms with Crippen molar-refractivity contribution in [3.8, 4) is 23.0 Å². The second-order valence-corrected chi connectivity index (χ2v) is 10.7. The van der Waals surface area contributed by atoms with E-state index in [9.17, 15) is 4.79 Å². The summed E-state index contributed by atoms with van der Waals surface area (Å²) in [5.41, 5.74) is 2.53. The number of aromatic nitrogens is 3. The van der Waals surface area contributed by atoms with Gasteiger partial charge in [0.05, 0.1) is 39.7 Å². The van der Waals surface area contributed by atoms with Crippen LogP contribution < -0.4 is 23.8 Å². The van der Waals surface area contributed by atoms with Crippen molar-refractivity contribution in [3.63, 3.8) is 0 Å². The molecule has 0 spiro atoms. The molecule has 11 heteroatoms. The molecular formula is C32H37N5O6. The van der Waals surface area contributed by atoms with Crippen LogP contribution in [0.2, 0.25) is 0 Å². The van der Waals surface area contributed by atoms with Crippen molar-refractivity contribution >= 4 is 22.6 Å². The number of hydrogen-bond acceptors (Lipinski definition) is 9. The topological polar surface area (TPSA) is 100 Å². The van der Waals surface area contributed by atoms with Crippen LogP contribution in [-0.2, 0) is 22.6 Å². The van der Waals surface area contributed by atoms with Gasteiger partial charge >= 0.3 is 0 Å². The SMILES string of the molecule is COc1ccc(OC)c2nc(N3CCOCC3)c(CN(C[C@H]3COc4ccccc4O3)C(=O)CCn3ccc(C)n3)cc12. The maximum Gasteiger partial charge on any atom is 0.224 e. The summed E-state index contributed by atoms with van der Waals surface area (Å²) in [5.74, 6) is 3.52. The molecule has 4 heterocycles. The molecule has 2 aliphatic heterocycles. The number of methoxy groups -OCH3 is 2. The van der Waals surface area contributed by atoms with E-state index in [1.807, 2.05) is 60.5 Å². The van der Waals surface area contributed by atoms with Gasteiger partial charge in [-0.15, -0.1) is 0 Å². The fraction of sp³-hybridized carbons (Fsp3) is 0.406. The summed E-state index contributed by atoms with van der Waals surface area (Å²) < 4.78 is 31.1. The predicted molar refractivity (Wildman–Crippen MR) is 161 cm³/mol. The molecule has 1 atom stereocenters. The van der Waals surface area contributed by atoms with Crippen LogP contribution in [0.4, 0.5) is 5.82 Å². The van der Waals surface area contributed by atoms with Crippen molar-refractivity contribution < 1.29 is 28.5 Å². The van der Waals surface area contributed by atoms with Gasteiger partial charge in [0.2, 0.25) is 5.91 Å². The number of ether oxygens (including phenoxy) is 5. The number of nitrogens with zero attached hydrogens (tertiary/aromatic N) is 5. The Morgan fingerprint density at radius 3 is 2.56 bits per heavy atom. The third-order valence-corrected chi connectivity index (χ3v) is 7.75. The Labute approximate surface area is 250 Å². The van der Waals surface area contributed by atoms with Gasteiger partial charge in [-0.3, -0.25) is 9.48 Å². The maximum atomic E-state index is 13.9. The van der Waals surface area contributed by atoms with Gasteiger partial charge in [0.1, 0.15) is 29.4 Å². The molecule has 0 N–H and O–H groups in total. The van der Waals surface area contributed by atoms with E-state index in [-0.39, 0.29) is 18.4 Å². The molecule has 4 aromatic rings. The van der Waals surface area contributed by atoms with E-state index in [0.717, 1.165) is 22.5 Å². The molecule has 0 bridgehead atoms. The smallest absolute Gasteiger partial charge is 0.224 e. The Balaban J connectivity index is 1.35. The van der Waals surface area contributed by atoms with E-state index in [2.05, 4.69) is 16.1 Å². The van der Waals surface area contributed by atoms with Crippen molar-refractivity contribution in [2.24, 2.45) is 0 Å². The van der Waals surface area contributed by atoms with E-state index in [0.29, 0.717) is 81.1 Å². The highest BCUT2D eigenvalue weighted by atomic mass is 16.6. The first-order valence-corrected chi connectivity index (χ1v) is 14.6. The number of carbonyl (C=O) groups excluding carboxylic acids is 1. The molecule has 0 radical (unpaired) electrons. The molecule has 0 saturated carbocycles. The van der Waals surface area contributed by atoms with Crippen molar-refractivity contribution in [1.29, 1.82) is 0 Å². The number of rotatable bonds is 10. The zero-order valence-electron chi connectivity index (χ0n) is 24.8. The highest BCUT2D eigenvalue weighted by Crippen LogP contribution is 2.36. The average Bonchev–Trinajstić information content (AvgIpc) is 3.47. The van der Waals surface area contributed by atoms with Crippen molar-refractivity contribution in [1.82, 2.24) is 19.7 Å². The van der Waals surface area contributed by atoms with Crippen LogP contribution in [0.25, 0.3) is 10.9 Å². The van der Waals surface area contributed by atoms with Crippen LogP contribution in [-0.4, -0.2) is 85.4 Å². The van der Waals surface area contributed by atoms with Crippen molar-refractivity contribution in [3.05, 3.63) is 66.0 Å². The Hall–Kier alpha value is -4.51. The second-order valence-electron chi connectivity index (χ2n) is 10.7. The van der Waals surface area contributed by atoms with Crippen LogP contribution in [0.15, 0.2) is 54.7 Å². The lowest BCUT2D eigenvalue weighted by Gasteiger charge is -2.34. The average molecular weight is 588 g/mol. The van der Waals surface area contributed by atoms with Gasteiger partial charge in [-0.25, -0.2) is 4.98 Å². The molecule has 0 aliphatic carbocycles. The largest absolute Gasteiger partial charge is 0.496 e. The number of morpholine rings is 1. The zero-order valence-corrected chi connectivity index (χ0v) is 24.8. The van der Waals surface area contributed by atoms with Crippen molar-refractivity contribution in [2.45, 2.75) is 32.5 Å². The van der Waals surface area contributed by atoms with Crippen LogP contribution in [0.1, 0.15) is 17.7 Å². The molecule has 2 aliphatic rings. The minimum Gasteiger partial charge on any atom is -0.496 e. The highest BCUT2D eigenvalue weighted by molar-refractivity contribution is 5.92. The van der Waals surface area contributed by atoms with Gasteiger partial charge in [0.25, 0.3) is 0 Å². The Kier molecular flexibility index (Phi) is 8.50. The number of aryl methyl sites for hydroxylation is 2. The van der Waals surface area contributed by atoms with Gasteiger partial charge in [0.15, 0.2) is 17.6 Å². The molecule has 6 rings (SSSR count). The molecule has 2 aromatic heterocycles. The van der Waals surface area contributed by atoms with Crippen LogP contribution in [0.5, 0.6) is 23.0 Å². The summed E-state index contributed by atoms with van der Waals surface area (Å²) in [6, 6.07) is 15.3. The first-order chi connectivity index (χ1) is 21.0. The molecule has 0 unspecified atom stereocenters. The van der Waals surface area contributed by atoms with E-state index in [1.165, 1.54) is 0 Å². The van der Waals surface area contributed by atoms with Gasteiger partial charge < -0.3 is 33.5 Å². The molecule has 1 amide bonds. The summed E-state index contributed by atoms with van der Waals surface area (Å²) in [6.07, 6.45) is 1.85. The number of amides is 1. The maximum absolute atomic E-state index is 13.9. The van der Waals surface area contributed by atoms with E-state index < -0.39 is 0 Å². The van der Waals surface area contributed by atoms with E-state index >= 15 is 0 Å². The Bertz CT molecular complexity index is 1580. The number of benzene rings is 2. The highest BCUT2D eigenvalue weighted by Gasteiger charge is 2.28. The first kappa shape index (κ1) is 28.6. The summed E-state index contributed by atoms with van der Waals surface area (Å²) in [7, 11) is 3.28. The second kappa shape index (κ2) is 12.8. The first-order valence-electron chi connectivity index (χ1n) is 14.6. The summed E-state index contributed by atoms with van der Waals surface area (Å²) in [4.78, 5) is 23.1. The summed E-state index contributed by atoms with van der Waals surface area (Å²) >= 11 is 0. The standard InChI is InChI=1S/C32H37N5O6/c1-22-10-12-37(34-22)13-11-30(38)36(20-24-21-42-27-6-4-5-7-28(27)43-24)19-23-18-25-26(39-2)8-9-29(40-3)31(25)33-32(23)35-14-16-41-17-15-35/h4-10,12,18,24H,11,13-17,19-21H2,1-3H3/t24-/m0/s1. The van der Waals surface area contributed by atoms with Gasteiger partial charge in [0, 0.05) is 49.7 Å². The lowest BCUT2D eigenvalue weighted by atomic mass is 10.1. The molecule has 1 fully saturated rings. The summed E-state index contributed by atoms with van der Waals surface area (Å²) in [5, 5.41) is 5.28. The molecular weight excluding hydrogens is 550 g/mol. The van der Waals surface area contributed by atoms with Crippen LogP contribution in [0.3, 0.4) is 0 Å². The summed E-state index contributed by atoms with van der Waals surface area (Å²) in [6.45, 7) is 6.03. The van der Waals surface area contributed by atoms with Crippen molar-refractivity contribution in [2.75, 3.05) is 58.6 Å². The molecule has 2 aromatic carbocycles. The molecule has 11 nitrogen and oxygen atoms in total. The minimum absolute atomic E-state index is 0.0127. The van der Waals surface area contributed by atoms with Crippen LogP contribution in [0, 0.1) is 6.92 Å². The molecule has 43 heavy (non-hydrogen) atoms. The quantitative estimate of drug-likeness (QED) is 0.274. The number of para-hydroxylation sites is 2. The van der Waals surface area contributed by atoms with Gasteiger partial charge in [-0.05, 0) is 43.3 Å². The minimum atomic E-state index is -0.333. The number of fused-ring (bicyclic) bond motifs is 2. The molecule has 226 valence electrons. The number of anilines is 1. The monoisotopic (exact) mass is 587 g/mol. The fourth-order valence-corrected chi connectivity index (χ4v) is 5.56. The number of pyridine rings is 1. The zero-order chi connectivity index (χ0) is 29.8. The van der Waals surface area contributed by atoms with E-state index in [1.54, 1.807) is 18.9 Å². The molecule has 1 saturated heterocycles. The van der Waals surface area contributed by atoms with Crippen LogP contribution >= 0.6 is 0 Å². The lowest BCUT2D eigenvalue weighted by molar-refractivity contribution is -0.133. The Morgan fingerprint density at radius 2 is 1.81 bits per heavy atom. The Morgan fingerprint density at radius 1 is 1.05 bits per heavy atom. The third-order valence-electron chi connectivity index (χ3n) is 7.75. The normalized spacial score (nSPS) is 16.3. The lowest BCUT2D eigenvalue weighted by Crippen LogP contribution is -2.44. The third kappa shape index (κ3) is 6.31. The van der Waals surface area contributed by atoms with E-state index in [4.69, 9.17) is 28.7 Å². The van der Waals surface area contributed by atoms with Gasteiger partial charge in [-0.1, -0.05) is 12.1 Å². The predicted octanol–water partition coefficient (Wildman–Crippen LogP) is 3.85. The van der Waals surface area contributed by atoms with Gasteiger partial charge in [-0.2, -0.15) is 5.10 Å². The number of carbonyl (C=O) groups is 1. The fourth-order valence-electron chi connectivity index (χ4n) is 5.56. The number of hydrogen-bond donors (Lipinski definition) is 0.